The Hall–Kier alpha value is -3.65. The van der Waals surface area contributed by atoms with Crippen LogP contribution in [0.4, 0.5) is 5.69 Å². The standard InChI is InChI=1S/C22H19N3O4S/c1-15-4-2-3-5-19(15)29-14-20(26)23-16-6-8-18(9-7-16)28-13-17-12-21(27)25-10-11-30-22(25)24-17/h2-12H,13-14H2,1H3,(H,23,26). The van der Waals surface area contributed by atoms with Gasteiger partial charge in [-0.1, -0.05) is 18.2 Å². The van der Waals surface area contributed by atoms with Crippen molar-refractivity contribution >= 4 is 27.9 Å². The van der Waals surface area contributed by atoms with Crippen LogP contribution in [0, 0.1) is 6.92 Å². The number of aromatic nitrogens is 2. The smallest absolute Gasteiger partial charge is 0.262 e. The highest BCUT2D eigenvalue weighted by molar-refractivity contribution is 7.15. The number of ether oxygens (including phenoxy) is 2. The van der Waals surface area contributed by atoms with E-state index in [2.05, 4.69) is 10.3 Å². The Labute approximate surface area is 176 Å². The highest BCUT2D eigenvalue weighted by Crippen LogP contribution is 2.18. The van der Waals surface area contributed by atoms with Crippen LogP contribution in [0.3, 0.4) is 0 Å². The van der Waals surface area contributed by atoms with Crippen molar-refractivity contribution in [1.82, 2.24) is 9.38 Å². The molecule has 30 heavy (non-hydrogen) atoms. The first-order chi connectivity index (χ1) is 14.6. The van der Waals surface area contributed by atoms with Crippen LogP contribution < -0.4 is 20.3 Å². The molecule has 4 rings (SSSR count). The van der Waals surface area contributed by atoms with E-state index in [-0.39, 0.29) is 24.7 Å². The van der Waals surface area contributed by atoms with Gasteiger partial charge in [0.05, 0.1) is 5.69 Å². The minimum absolute atomic E-state index is 0.0739. The Balaban J connectivity index is 1.30. The number of aryl methyl sites for hydroxylation is 1. The zero-order chi connectivity index (χ0) is 20.9. The van der Waals surface area contributed by atoms with Crippen LogP contribution in [0.2, 0.25) is 0 Å². The molecule has 0 bridgehead atoms. The average molecular weight is 421 g/mol. The molecule has 152 valence electrons. The van der Waals surface area contributed by atoms with Gasteiger partial charge in [0, 0.05) is 23.3 Å². The maximum Gasteiger partial charge on any atom is 0.262 e. The summed E-state index contributed by atoms with van der Waals surface area (Å²) in [6, 6.07) is 16.0. The fraction of sp³-hybridized carbons (Fsp3) is 0.136. The molecule has 1 amide bonds. The third-order valence-electron chi connectivity index (χ3n) is 4.33. The molecule has 2 heterocycles. The van der Waals surface area contributed by atoms with Crippen molar-refractivity contribution in [2.45, 2.75) is 13.5 Å². The quantitative estimate of drug-likeness (QED) is 0.492. The Kier molecular flexibility index (Phi) is 5.76. The van der Waals surface area contributed by atoms with Gasteiger partial charge in [-0.2, -0.15) is 0 Å². The monoisotopic (exact) mass is 421 g/mol. The molecule has 0 radical (unpaired) electrons. The molecule has 4 aromatic rings. The number of rotatable bonds is 7. The molecular formula is C22H19N3O4S. The number of nitrogens with zero attached hydrogens (tertiary/aromatic N) is 2. The second-order valence-corrected chi connectivity index (χ2v) is 7.43. The second-order valence-electron chi connectivity index (χ2n) is 6.56. The summed E-state index contributed by atoms with van der Waals surface area (Å²) in [4.78, 5) is 29.1. The summed E-state index contributed by atoms with van der Waals surface area (Å²) in [5.74, 6) is 1.04. The van der Waals surface area contributed by atoms with E-state index in [1.807, 2.05) is 36.6 Å². The Morgan fingerprint density at radius 3 is 2.73 bits per heavy atom. The lowest BCUT2D eigenvalue weighted by Crippen LogP contribution is -2.20. The number of benzene rings is 2. The first kappa shape index (κ1) is 19.7. The molecule has 2 aromatic heterocycles. The molecule has 1 N–H and O–H groups in total. The molecule has 0 aliphatic heterocycles. The summed E-state index contributed by atoms with van der Waals surface area (Å²) in [5.41, 5.74) is 2.04. The van der Waals surface area contributed by atoms with Gasteiger partial charge in [-0.25, -0.2) is 4.98 Å². The van der Waals surface area contributed by atoms with Crippen LogP contribution in [0.5, 0.6) is 11.5 Å². The molecule has 2 aromatic carbocycles. The Morgan fingerprint density at radius 1 is 1.13 bits per heavy atom. The van der Waals surface area contributed by atoms with Gasteiger partial charge < -0.3 is 14.8 Å². The van der Waals surface area contributed by atoms with Crippen molar-refractivity contribution in [2.75, 3.05) is 11.9 Å². The largest absolute Gasteiger partial charge is 0.487 e. The first-order valence-corrected chi connectivity index (χ1v) is 10.1. The number of hydrogen-bond acceptors (Lipinski definition) is 6. The van der Waals surface area contributed by atoms with E-state index >= 15 is 0 Å². The summed E-state index contributed by atoms with van der Waals surface area (Å²) in [7, 11) is 0. The van der Waals surface area contributed by atoms with Crippen LogP contribution in [-0.4, -0.2) is 21.9 Å². The molecule has 0 saturated heterocycles. The lowest BCUT2D eigenvalue weighted by molar-refractivity contribution is -0.118. The van der Waals surface area contributed by atoms with Gasteiger partial charge in [0.1, 0.15) is 18.1 Å². The van der Waals surface area contributed by atoms with Gasteiger partial charge in [-0.3, -0.25) is 14.0 Å². The summed E-state index contributed by atoms with van der Waals surface area (Å²) < 4.78 is 12.7. The normalized spacial score (nSPS) is 10.7. The third kappa shape index (κ3) is 4.66. The fourth-order valence-corrected chi connectivity index (χ4v) is 3.55. The minimum atomic E-state index is -0.249. The summed E-state index contributed by atoms with van der Waals surface area (Å²) >= 11 is 1.39. The van der Waals surface area contributed by atoms with E-state index in [4.69, 9.17) is 9.47 Å². The van der Waals surface area contributed by atoms with Gasteiger partial charge in [0.2, 0.25) is 0 Å². The van der Waals surface area contributed by atoms with Crippen molar-refractivity contribution in [3.05, 3.63) is 87.8 Å². The number of hydrogen-bond donors (Lipinski definition) is 1. The number of para-hydroxylation sites is 1. The lowest BCUT2D eigenvalue weighted by atomic mass is 10.2. The highest BCUT2D eigenvalue weighted by Gasteiger charge is 2.07. The number of carbonyl (C=O) groups excluding carboxylic acids is 1. The number of amides is 1. The second kappa shape index (κ2) is 8.79. The molecular weight excluding hydrogens is 402 g/mol. The summed E-state index contributed by atoms with van der Waals surface area (Å²) in [6.45, 7) is 2.03. The van der Waals surface area contributed by atoms with Crippen molar-refractivity contribution in [2.24, 2.45) is 0 Å². The summed E-state index contributed by atoms with van der Waals surface area (Å²) in [5, 5.41) is 4.60. The van der Waals surface area contributed by atoms with Crippen molar-refractivity contribution in [3.63, 3.8) is 0 Å². The van der Waals surface area contributed by atoms with Gasteiger partial charge >= 0.3 is 0 Å². The van der Waals surface area contributed by atoms with Gasteiger partial charge in [-0.05, 0) is 42.8 Å². The van der Waals surface area contributed by atoms with Crippen LogP contribution in [-0.2, 0) is 11.4 Å². The Bertz CT molecular complexity index is 1230. The Morgan fingerprint density at radius 2 is 1.93 bits per heavy atom. The van der Waals surface area contributed by atoms with E-state index in [0.717, 1.165) is 5.56 Å². The number of anilines is 1. The SMILES string of the molecule is Cc1ccccc1OCC(=O)Nc1ccc(OCc2cc(=O)n3ccsc3n2)cc1. The lowest BCUT2D eigenvalue weighted by Gasteiger charge is -2.10. The zero-order valence-electron chi connectivity index (χ0n) is 16.2. The van der Waals surface area contributed by atoms with Gasteiger partial charge in [-0.15, -0.1) is 11.3 Å². The molecule has 0 aliphatic rings. The maximum atomic E-state index is 12.1. The molecule has 0 fully saturated rings. The maximum absolute atomic E-state index is 12.1. The minimum Gasteiger partial charge on any atom is -0.487 e. The highest BCUT2D eigenvalue weighted by atomic mass is 32.1. The summed E-state index contributed by atoms with van der Waals surface area (Å²) in [6.07, 6.45) is 1.69. The van der Waals surface area contributed by atoms with E-state index < -0.39 is 0 Å². The van der Waals surface area contributed by atoms with Crippen molar-refractivity contribution in [3.8, 4) is 11.5 Å². The van der Waals surface area contributed by atoms with Crippen LogP contribution >= 0.6 is 11.3 Å². The van der Waals surface area contributed by atoms with E-state index in [9.17, 15) is 9.59 Å². The average Bonchev–Trinajstić information content (AvgIpc) is 3.22. The van der Waals surface area contributed by atoms with Gasteiger partial charge in [0.25, 0.3) is 11.5 Å². The molecule has 8 heteroatoms. The van der Waals surface area contributed by atoms with E-state index in [0.29, 0.717) is 27.8 Å². The van der Waals surface area contributed by atoms with Crippen LogP contribution in [0.25, 0.3) is 4.96 Å². The topological polar surface area (TPSA) is 81.9 Å². The zero-order valence-corrected chi connectivity index (χ0v) is 17.0. The van der Waals surface area contributed by atoms with E-state index in [1.165, 1.54) is 21.8 Å². The van der Waals surface area contributed by atoms with E-state index in [1.54, 1.807) is 30.5 Å². The molecule has 0 atom stereocenters. The van der Waals surface area contributed by atoms with Crippen molar-refractivity contribution < 1.29 is 14.3 Å². The van der Waals surface area contributed by atoms with Crippen LogP contribution in [0.1, 0.15) is 11.3 Å². The molecule has 0 unspecified atom stereocenters. The number of carbonyl (C=O) groups is 1. The predicted octanol–water partition coefficient (Wildman–Crippen LogP) is 3.66. The fourth-order valence-electron chi connectivity index (χ4n) is 2.81. The number of nitrogens with one attached hydrogen (secondary N) is 1. The third-order valence-corrected chi connectivity index (χ3v) is 5.09. The molecule has 0 saturated carbocycles. The van der Waals surface area contributed by atoms with Crippen LogP contribution in [0.15, 0.2) is 71.0 Å². The van der Waals surface area contributed by atoms with Crippen molar-refractivity contribution in [1.29, 1.82) is 0 Å². The van der Waals surface area contributed by atoms with Gasteiger partial charge in [0.15, 0.2) is 11.6 Å². The number of fused-ring (bicyclic) bond motifs is 1. The first-order valence-electron chi connectivity index (χ1n) is 9.25. The molecule has 0 spiro atoms. The molecule has 7 nitrogen and oxygen atoms in total. The predicted molar refractivity (Wildman–Crippen MR) is 115 cm³/mol. The number of thiazole rings is 1. The molecule has 0 aliphatic carbocycles.